The molecular formula is C16H21FN2S. The molecule has 4 heteroatoms. The number of nitrogens with zero attached hydrogens (tertiary/aromatic N) is 1. The Kier molecular flexibility index (Phi) is 5.45. The van der Waals surface area contributed by atoms with E-state index >= 15 is 0 Å². The van der Waals surface area contributed by atoms with Gasteiger partial charge in [0.1, 0.15) is 5.82 Å². The van der Waals surface area contributed by atoms with Gasteiger partial charge in [0.15, 0.2) is 0 Å². The lowest BCUT2D eigenvalue weighted by Gasteiger charge is -2.36. The Morgan fingerprint density at radius 3 is 2.70 bits per heavy atom. The minimum Gasteiger partial charge on any atom is -0.311 e. The van der Waals surface area contributed by atoms with Gasteiger partial charge in [-0.2, -0.15) is 17.0 Å². The molecule has 0 atom stereocenters. The highest BCUT2D eigenvalue weighted by Crippen LogP contribution is 2.37. The Morgan fingerprint density at radius 2 is 2.05 bits per heavy atom. The molecule has 1 aromatic carbocycles. The summed E-state index contributed by atoms with van der Waals surface area (Å²) in [5.41, 5.74) is 1.23. The molecule has 0 saturated heterocycles. The van der Waals surface area contributed by atoms with Crippen molar-refractivity contribution in [2.75, 3.05) is 12.8 Å². The van der Waals surface area contributed by atoms with E-state index in [1.54, 1.807) is 6.07 Å². The molecule has 1 saturated carbocycles. The maximum absolute atomic E-state index is 13.4. The van der Waals surface area contributed by atoms with Gasteiger partial charge in [-0.05, 0) is 42.9 Å². The van der Waals surface area contributed by atoms with E-state index in [2.05, 4.69) is 11.6 Å². The maximum atomic E-state index is 13.4. The molecule has 20 heavy (non-hydrogen) atoms. The molecule has 1 aliphatic carbocycles. The fourth-order valence-electron chi connectivity index (χ4n) is 2.90. The zero-order chi connectivity index (χ0) is 14.4. The van der Waals surface area contributed by atoms with Gasteiger partial charge in [0.25, 0.3) is 0 Å². The fourth-order valence-corrected chi connectivity index (χ4v) is 3.84. The average Bonchev–Trinajstić information content (AvgIpc) is 2.47. The number of halogens is 1. The lowest BCUT2D eigenvalue weighted by molar-refractivity contribution is 0.379. The summed E-state index contributed by atoms with van der Waals surface area (Å²) >= 11 is 1.95. The van der Waals surface area contributed by atoms with E-state index in [9.17, 15) is 4.39 Å². The molecule has 0 bridgehead atoms. The lowest BCUT2D eigenvalue weighted by atomic mass is 9.88. The summed E-state index contributed by atoms with van der Waals surface area (Å²) in [4.78, 5) is 0. The number of nitrogens with one attached hydrogen (secondary N) is 1. The van der Waals surface area contributed by atoms with Crippen molar-refractivity contribution in [1.82, 2.24) is 5.32 Å². The molecule has 1 aliphatic rings. The summed E-state index contributed by atoms with van der Waals surface area (Å²) in [6, 6.07) is 6.52. The summed E-state index contributed by atoms with van der Waals surface area (Å²) in [6.45, 7) is 1.57. The van der Waals surface area contributed by atoms with E-state index in [0.29, 0.717) is 16.9 Å². The number of hydrogen-bond donors (Lipinski definition) is 1. The van der Waals surface area contributed by atoms with Crippen LogP contribution in [-0.2, 0) is 6.54 Å². The third kappa shape index (κ3) is 3.97. The number of nitriles is 1. The van der Waals surface area contributed by atoms with E-state index in [1.165, 1.54) is 44.2 Å². The van der Waals surface area contributed by atoms with Gasteiger partial charge in [-0.25, -0.2) is 4.39 Å². The third-order valence-electron chi connectivity index (χ3n) is 4.06. The van der Waals surface area contributed by atoms with Gasteiger partial charge >= 0.3 is 0 Å². The van der Waals surface area contributed by atoms with Gasteiger partial charge in [0, 0.05) is 17.8 Å². The predicted octanol–water partition coefficient (Wildman–Crippen LogP) is 3.85. The molecule has 108 valence electrons. The quantitative estimate of drug-likeness (QED) is 0.895. The molecular weight excluding hydrogens is 271 g/mol. The molecule has 0 unspecified atom stereocenters. The van der Waals surface area contributed by atoms with Gasteiger partial charge in [-0.15, -0.1) is 0 Å². The number of thioether (sulfide) groups is 1. The van der Waals surface area contributed by atoms with Gasteiger partial charge in [0.05, 0.1) is 11.6 Å². The van der Waals surface area contributed by atoms with E-state index in [4.69, 9.17) is 5.26 Å². The zero-order valence-corrected chi connectivity index (χ0v) is 12.7. The minimum atomic E-state index is -0.335. The van der Waals surface area contributed by atoms with Gasteiger partial charge in [-0.1, -0.05) is 19.3 Å². The number of benzene rings is 1. The minimum absolute atomic E-state index is 0.335. The molecule has 0 aliphatic heterocycles. The van der Waals surface area contributed by atoms with E-state index < -0.39 is 0 Å². The van der Waals surface area contributed by atoms with Crippen molar-refractivity contribution in [2.45, 2.75) is 43.4 Å². The van der Waals surface area contributed by atoms with Gasteiger partial charge in [0.2, 0.25) is 0 Å². The highest BCUT2D eigenvalue weighted by Gasteiger charge is 2.30. The second-order valence-corrected chi connectivity index (χ2v) is 6.79. The Hall–Kier alpha value is -1.05. The summed E-state index contributed by atoms with van der Waals surface area (Å²) in [5, 5.41) is 12.3. The first kappa shape index (κ1) is 15.3. The normalized spacial score (nSPS) is 17.6. The molecule has 1 N–H and O–H groups in total. The highest BCUT2D eigenvalue weighted by atomic mass is 32.2. The first-order valence-corrected chi connectivity index (χ1v) is 8.35. The van der Waals surface area contributed by atoms with Crippen LogP contribution in [0, 0.1) is 17.1 Å². The van der Waals surface area contributed by atoms with Crippen molar-refractivity contribution in [1.29, 1.82) is 5.26 Å². The van der Waals surface area contributed by atoms with Crippen LogP contribution in [0.3, 0.4) is 0 Å². The van der Waals surface area contributed by atoms with Crippen molar-refractivity contribution in [3.63, 3.8) is 0 Å². The van der Waals surface area contributed by atoms with Crippen molar-refractivity contribution < 1.29 is 4.39 Å². The SMILES string of the molecule is CSC1(CNCc2cc(F)cc(C#N)c2)CCCCC1. The van der Waals surface area contributed by atoms with Crippen LogP contribution < -0.4 is 5.32 Å². The van der Waals surface area contributed by atoms with E-state index in [1.807, 2.05) is 17.8 Å². The first-order chi connectivity index (χ1) is 9.67. The van der Waals surface area contributed by atoms with Crippen LogP contribution in [0.25, 0.3) is 0 Å². The largest absolute Gasteiger partial charge is 0.311 e. The van der Waals surface area contributed by atoms with E-state index in [-0.39, 0.29) is 5.82 Å². The molecule has 2 nitrogen and oxygen atoms in total. The topological polar surface area (TPSA) is 35.8 Å². The molecule has 0 spiro atoms. The lowest BCUT2D eigenvalue weighted by Crippen LogP contribution is -2.39. The van der Waals surface area contributed by atoms with Crippen molar-refractivity contribution in [3.05, 3.63) is 35.1 Å². The van der Waals surface area contributed by atoms with Crippen molar-refractivity contribution in [2.24, 2.45) is 0 Å². The van der Waals surface area contributed by atoms with Crippen LogP contribution in [0.1, 0.15) is 43.2 Å². The van der Waals surface area contributed by atoms with Crippen molar-refractivity contribution >= 4 is 11.8 Å². The summed E-state index contributed by atoms with van der Waals surface area (Å²) in [6.07, 6.45) is 8.66. The first-order valence-electron chi connectivity index (χ1n) is 7.13. The Labute approximate surface area is 124 Å². The summed E-state index contributed by atoms with van der Waals surface area (Å²) in [7, 11) is 0. The van der Waals surface area contributed by atoms with Crippen LogP contribution in [0.5, 0.6) is 0 Å². The highest BCUT2D eigenvalue weighted by molar-refractivity contribution is 8.00. The second-order valence-electron chi connectivity index (χ2n) is 5.51. The molecule has 1 aromatic rings. The van der Waals surface area contributed by atoms with Crippen LogP contribution in [0.2, 0.25) is 0 Å². The standard InChI is InChI=1S/C16H21FN2S/c1-20-16(5-3-2-4-6-16)12-19-11-14-7-13(10-18)8-15(17)9-14/h7-9,19H,2-6,11-12H2,1H3. The fraction of sp³-hybridized carbons (Fsp3) is 0.562. The number of hydrogen-bond acceptors (Lipinski definition) is 3. The monoisotopic (exact) mass is 292 g/mol. The Morgan fingerprint density at radius 1 is 1.30 bits per heavy atom. The molecule has 0 amide bonds. The molecule has 1 fully saturated rings. The summed E-state index contributed by atoms with van der Waals surface area (Å²) in [5.74, 6) is -0.335. The molecule has 0 heterocycles. The molecule has 0 radical (unpaired) electrons. The zero-order valence-electron chi connectivity index (χ0n) is 11.9. The van der Waals surface area contributed by atoms with Crippen LogP contribution >= 0.6 is 11.8 Å². The smallest absolute Gasteiger partial charge is 0.124 e. The Bertz CT molecular complexity index is 490. The second kappa shape index (κ2) is 7.10. The molecule has 2 rings (SSSR count). The number of rotatable bonds is 5. The average molecular weight is 292 g/mol. The van der Waals surface area contributed by atoms with E-state index in [0.717, 1.165) is 12.1 Å². The maximum Gasteiger partial charge on any atom is 0.124 e. The predicted molar refractivity (Wildman–Crippen MR) is 82.2 cm³/mol. The van der Waals surface area contributed by atoms with Gasteiger partial charge < -0.3 is 5.32 Å². The Balaban J connectivity index is 1.92. The van der Waals surface area contributed by atoms with Crippen LogP contribution in [0.15, 0.2) is 18.2 Å². The van der Waals surface area contributed by atoms with Gasteiger partial charge in [-0.3, -0.25) is 0 Å². The van der Waals surface area contributed by atoms with Crippen molar-refractivity contribution in [3.8, 4) is 6.07 Å². The summed E-state index contributed by atoms with van der Waals surface area (Å²) < 4.78 is 13.7. The third-order valence-corrected chi connectivity index (χ3v) is 5.48. The molecule has 0 aromatic heterocycles. The van der Waals surface area contributed by atoms with Crippen LogP contribution in [0.4, 0.5) is 4.39 Å². The van der Waals surface area contributed by atoms with Crippen LogP contribution in [-0.4, -0.2) is 17.5 Å².